The van der Waals surface area contributed by atoms with Crippen molar-refractivity contribution in [3.63, 3.8) is 0 Å². The molecular formula is C17H32N2O2. The van der Waals surface area contributed by atoms with Gasteiger partial charge in [0.2, 0.25) is 5.91 Å². The van der Waals surface area contributed by atoms with Gasteiger partial charge in [0, 0.05) is 6.54 Å². The zero-order valence-electron chi connectivity index (χ0n) is 13.8. The summed E-state index contributed by atoms with van der Waals surface area (Å²) in [4.78, 5) is 14.6. The Hall–Kier alpha value is -0.610. The average molecular weight is 296 g/mol. The van der Waals surface area contributed by atoms with E-state index in [4.69, 9.17) is 4.74 Å². The van der Waals surface area contributed by atoms with Crippen LogP contribution in [0.15, 0.2) is 0 Å². The Morgan fingerprint density at radius 1 is 1.24 bits per heavy atom. The predicted octanol–water partition coefficient (Wildman–Crippen LogP) is 2.57. The average Bonchev–Trinajstić information content (AvgIpc) is 2.99. The number of ether oxygens (including phenoxy) is 1. The fourth-order valence-electron chi connectivity index (χ4n) is 3.46. The van der Waals surface area contributed by atoms with Gasteiger partial charge >= 0.3 is 0 Å². The third kappa shape index (κ3) is 5.59. The Morgan fingerprint density at radius 3 is 2.52 bits per heavy atom. The molecule has 2 fully saturated rings. The molecule has 0 spiro atoms. The van der Waals surface area contributed by atoms with Crippen LogP contribution in [0, 0.1) is 5.92 Å². The van der Waals surface area contributed by atoms with Crippen molar-refractivity contribution in [1.29, 1.82) is 0 Å². The molecule has 1 aliphatic carbocycles. The van der Waals surface area contributed by atoms with Crippen molar-refractivity contribution in [1.82, 2.24) is 10.2 Å². The van der Waals surface area contributed by atoms with E-state index < -0.39 is 0 Å². The number of amides is 1. The number of likely N-dealkylation sites (tertiary alicyclic amines) is 1. The number of piperidine rings is 1. The Labute approximate surface area is 129 Å². The van der Waals surface area contributed by atoms with E-state index >= 15 is 0 Å². The van der Waals surface area contributed by atoms with Gasteiger partial charge in [-0.15, -0.1) is 0 Å². The third-order valence-corrected chi connectivity index (χ3v) is 5.01. The van der Waals surface area contributed by atoms with Crippen LogP contribution < -0.4 is 5.32 Å². The second-order valence-electron chi connectivity index (χ2n) is 6.77. The van der Waals surface area contributed by atoms with E-state index in [0.717, 1.165) is 38.1 Å². The van der Waals surface area contributed by atoms with Crippen LogP contribution in [-0.2, 0) is 9.53 Å². The largest absolute Gasteiger partial charge is 0.365 e. The lowest BCUT2D eigenvalue weighted by atomic mass is 9.94. The van der Waals surface area contributed by atoms with Gasteiger partial charge in [0.1, 0.15) is 6.10 Å². The predicted molar refractivity (Wildman–Crippen MR) is 85.3 cm³/mol. The number of hydrogen-bond donors (Lipinski definition) is 1. The summed E-state index contributed by atoms with van der Waals surface area (Å²) < 4.78 is 5.96. The minimum Gasteiger partial charge on any atom is -0.365 e. The molecule has 4 nitrogen and oxygen atoms in total. The fraction of sp³-hybridized carbons (Fsp3) is 0.941. The zero-order chi connectivity index (χ0) is 15.1. The van der Waals surface area contributed by atoms with E-state index in [2.05, 4.69) is 17.3 Å². The van der Waals surface area contributed by atoms with Crippen LogP contribution in [0.25, 0.3) is 0 Å². The molecule has 1 aliphatic heterocycles. The minimum atomic E-state index is -0.245. The molecule has 4 heteroatoms. The van der Waals surface area contributed by atoms with Gasteiger partial charge in [0.15, 0.2) is 0 Å². The molecule has 0 unspecified atom stereocenters. The quantitative estimate of drug-likeness (QED) is 0.785. The fourth-order valence-corrected chi connectivity index (χ4v) is 3.46. The van der Waals surface area contributed by atoms with E-state index in [9.17, 15) is 4.79 Å². The summed E-state index contributed by atoms with van der Waals surface area (Å²) >= 11 is 0. The van der Waals surface area contributed by atoms with E-state index in [1.165, 1.54) is 38.8 Å². The van der Waals surface area contributed by atoms with Crippen LogP contribution in [0.3, 0.4) is 0 Å². The lowest BCUT2D eigenvalue weighted by molar-refractivity contribution is -0.136. The van der Waals surface area contributed by atoms with Gasteiger partial charge in [-0.3, -0.25) is 4.79 Å². The molecule has 2 aliphatic rings. The van der Waals surface area contributed by atoms with Crippen LogP contribution in [0.2, 0.25) is 0 Å². The molecule has 0 aromatic heterocycles. The van der Waals surface area contributed by atoms with Crippen molar-refractivity contribution in [2.24, 2.45) is 5.92 Å². The van der Waals surface area contributed by atoms with Gasteiger partial charge in [0.05, 0.1) is 6.10 Å². The molecule has 2 rings (SSSR count). The molecule has 1 saturated heterocycles. The van der Waals surface area contributed by atoms with E-state index in [0.29, 0.717) is 6.10 Å². The molecule has 0 radical (unpaired) electrons. The smallest absolute Gasteiger partial charge is 0.249 e. The standard InChI is InChI=1S/C17H32N2O2/c1-3-16(21-15-6-4-5-7-15)17(20)18-11-8-14-9-12-19(2)13-10-14/h14-16H,3-13H2,1-2H3,(H,18,20)/t16-/m1/s1. The lowest BCUT2D eigenvalue weighted by Crippen LogP contribution is -2.39. The van der Waals surface area contributed by atoms with Crippen LogP contribution >= 0.6 is 0 Å². The highest BCUT2D eigenvalue weighted by atomic mass is 16.5. The molecule has 1 saturated carbocycles. The Balaban J connectivity index is 1.62. The molecule has 1 N–H and O–H groups in total. The van der Waals surface area contributed by atoms with E-state index in [1.807, 2.05) is 6.92 Å². The summed E-state index contributed by atoms with van der Waals surface area (Å²) in [5.41, 5.74) is 0. The number of hydrogen-bond acceptors (Lipinski definition) is 3. The topological polar surface area (TPSA) is 41.6 Å². The summed E-state index contributed by atoms with van der Waals surface area (Å²) in [6.45, 7) is 5.23. The van der Waals surface area contributed by atoms with Crippen LogP contribution in [0.1, 0.15) is 58.3 Å². The highest BCUT2D eigenvalue weighted by Crippen LogP contribution is 2.23. The number of nitrogens with one attached hydrogen (secondary N) is 1. The van der Waals surface area contributed by atoms with Gasteiger partial charge in [-0.05, 0) is 64.6 Å². The first-order valence-electron chi connectivity index (χ1n) is 8.80. The highest BCUT2D eigenvalue weighted by molar-refractivity contribution is 5.80. The Morgan fingerprint density at radius 2 is 1.90 bits per heavy atom. The SMILES string of the molecule is CC[C@@H](OC1CCCC1)C(=O)NCCC1CCN(C)CC1. The van der Waals surface area contributed by atoms with Crippen LogP contribution in [0.5, 0.6) is 0 Å². The monoisotopic (exact) mass is 296 g/mol. The maximum absolute atomic E-state index is 12.2. The molecule has 1 heterocycles. The van der Waals surface area contributed by atoms with E-state index in [1.54, 1.807) is 0 Å². The molecule has 1 atom stereocenters. The van der Waals surface area contributed by atoms with Crippen molar-refractivity contribution in [2.75, 3.05) is 26.7 Å². The third-order valence-electron chi connectivity index (χ3n) is 5.01. The van der Waals surface area contributed by atoms with Crippen molar-refractivity contribution in [3.05, 3.63) is 0 Å². The molecule has 0 aromatic carbocycles. The maximum atomic E-state index is 12.2. The maximum Gasteiger partial charge on any atom is 0.249 e. The summed E-state index contributed by atoms with van der Waals surface area (Å²) in [5, 5.41) is 3.09. The first-order chi connectivity index (χ1) is 10.2. The van der Waals surface area contributed by atoms with E-state index in [-0.39, 0.29) is 12.0 Å². The summed E-state index contributed by atoms with van der Waals surface area (Å²) in [6, 6.07) is 0. The number of nitrogens with zero attached hydrogens (tertiary/aromatic N) is 1. The van der Waals surface area contributed by atoms with Crippen LogP contribution in [-0.4, -0.2) is 49.7 Å². The number of carbonyl (C=O) groups is 1. The summed E-state index contributed by atoms with van der Waals surface area (Å²) in [5.74, 6) is 0.870. The van der Waals surface area contributed by atoms with Gasteiger partial charge in [0.25, 0.3) is 0 Å². The second-order valence-corrected chi connectivity index (χ2v) is 6.77. The van der Waals surface area contributed by atoms with Gasteiger partial charge < -0.3 is 15.0 Å². The first kappa shape index (κ1) is 16.8. The number of rotatable bonds is 7. The molecule has 0 aromatic rings. The minimum absolute atomic E-state index is 0.0947. The molecule has 1 amide bonds. The van der Waals surface area contributed by atoms with Gasteiger partial charge in [-0.2, -0.15) is 0 Å². The molecule has 21 heavy (non-hydrogen) atoms. The molecular weight excluding hydrogens is 264 g/mol. The highest BCUT2D eigenvalue weighted by Gasteiger charge is 2.24. The van der Waals surface area contributed by atoms with Crippen molar-refractivity contribution in [2.45, 2.75) is 70.5 Å². The summed E-state index contributed by atoms with van der Waals surface area (Å²) in [7, 11) is 2.18. The Kier molecular flexibility index (Phi) is 6.97. The van der Waals surface area contributed by atoms with Gasteiger partial charge in [-0.25, -0.2) is 0 Å². The second kappa shape index (κ2) is 8.74. The molecule has 122 valence electrons. The van der Waals surface area contributed by atoms with Crippen LogP contribution in [0.4, 0.5) is 0 Å². The van der Waals surface area contributed by atoms with Crippen molar-refractivity contribution >= 4 is 5.91 Å². The van der Waals surface area contributed by atoms with Gasteiger partial charge in [-0.1, -0.05) is 19.8 Å². The normalized spacial score (nSPS) is 23.3. The lowest BCUT2D eigenvalue weighted by Gasteiger charge is -2.29. The number of carbonyl (C=O) groups excluding carboxylic acids is 1. The Bertz CT molecular complexity index is 308. The summed E-state index contributed by atoms with van der Waals surface area (Å²) in [6.07, 6.45) is 9.23. The van der Waals surface area contributed by atoms with Crippen molar-refractivity contribution < 1.29 is 9.53 Å². The van der Waals surface area contributed by atoms with Crippen molar-refractivity contribution in [3.8, 4) is 0 Å². The first-order valence-corrected chi connectivity index (χ1v) is 8.80. The zero-order valence-corrected chi connectivity index (χ0v) is 13.8. The molecule has 0 bridgehead atoms.